The second kappa shape index (κ2) is 8.38. The third kappa shape index (κ3) is 18.6. The highest BCUT2D eigenvalue weighted by Gasteiger charge is 2.17. The molecule has 0 radical (unpaired) electrons. The molecule has 0 aliphatic rings. The van der Waals surface area contributed by atoms with Crippen molar-refractivity contribution in [2.75, 3.05) is 13.2 Å². The van der Waals surface area contributed by atoms with Crippen molar-refractivity contribution < 1.29 is 23.3 Å². The zero-order valence-electron chi connectivity index (χ0n) is 8.44. The molecule has 0 aromatic rings. The fourth-order valence-electron chi connectivity index (χ4n) is 0.364. The summed E-state index contributed by atoms with van der Waals surface area (Å²) in [7, 11) is -3.69. The molecule has 6 heteroatoms. The fourth-order valence-corrected chi connectivity index (χ4v) is 1.09. The number of phosphoric ester groups is 1. The van der Waals surface area contributed by atoms with Gasteiger partial charge in [-0.15, -0.1) is 0 Å². The van der Waals surface area contributed by atoms with Gasteiger partial charge < -0.3 is 9.69 Å². The molecule has 0 saturated heterocycles. The molecule has 0 bridgehead atoms. The third-order valence-electron chi connectivity index (χ3n) is 0.584. The molecule has 0 rings (SSSR count). The van der Waals surface area contributed by atoms with Gasteiger partial charge in [-0.1, -0.05) is 0 Å². The van der Waals surface area contributed by atoms with E-state index in [1.54, 1.807) is 13.8 Å². The van der Waals surface area contributed by atoms with Crippen LogP contribution >= 0.6 is 7.82 Å². The third-order valence-corrected chi connectivity index (χ3v) is 1.75. The second-order valence-corrected chi connectivity index (χ2v) is 3.67. The molecule has 0 saturated carbocycles. The van der Waals surface area contributed by atoms with Crippen LogP contribution in [0.25, 0.3) is 0 Å². The Morgan fingerprint density at radius 3 is 1.62 bits per heavy atom. The molecular formula is C7H17O5P. The molecule has 0 heterocycles. The van der Waals surface area contributed by atoms with Gasteiger partial charge in [-0.05, 0) is 27.7 Å². The monoisotopic (exact) mass is 212 g/mol. The molecule has 0 aliphatic heterocycles. The first-order chi connectivity index (χ1) is 5.85. The van der Waals surface area contributed by atoms with Gasteiger partial charge in [0.05, 0.1) is 13.2 Å². The van der Waals surface area contributed by atoms with E-state index in [0.717, 1.165) is 0 Å². The van der Waals surface area contributed by atoms with Crippen molar-refractivity contribution in [3.05, 3.63) is 0 Å². The minimum atomic E-state index is -3.69. The molecule has 5 nitrogen and oxygen atoms in total. The Labute approximate surface area is 78.7 Å². The first-order valence-electron chi connectivity index (χ1n) is 3.94. The smallest absolute Gasteiger partial charge is 0.302 e. The van der Waals surface area contributed by atoms with E-state index < -0.39 is 7.82 Å². The van der Waals surface area contributed by atoms with Gasteiger partial charge in [0.25, 0.3) is 0 Å². The lowest BCUT2D eigenvalue weighted by Crippen LogP contribution is -1.93. The number of Topliss-reactive ketones (excluding diaryl/α,β-unsaturated/α-hetero) is 1. The minimum Gasteiger partial charge on any atom is -0.302 e. The molecular weight excluding hydrogens is 195 g/mol. The van der Waals surface area contributed by atoms with Gasteiger partial charge >= 0.3 is 7.82 Å². The summed E-state index contributed by atoms with van der Waals surface area (Å²) < 4.78 is 19.2. The van der Waals surface area contributed by atoms with Gasteiger partial charge in [-0.3, -0.25) is 9.05 Å². The van der Waals surface area contributed by atoms with E-state index in [0.29, 0.717) is 0 Å². The van der Waals surface area contributed by atoms with Gasteiger partial charge in [0, 0.05) is 0 Å². The van der Waals surface area contributed by atoms with Crippen LogP contribution < -0.4 is 0 Å². The maximum Gasteiger partial charge on any atom is 0.472 e. The molecule has 13 heavy (non-hydrogen) atoms. The summed E-state index contributed by atoms with van der Waals surface area (Å²) in [6.07, 6.45) is 0. The lowest BCUT2D eigenvalue weighted by atomic mass is 10.6. The maximum absolute atomic E-state index is 10.5. The summed E-state index contributed by atoms with van der Waals surface area (Å²) >= 11 is 0. The largest absolute Gasteiger partial charge is 0.472 e. The summed E-state index contributed by atoms with van der Waals surface area (Å²) in [5.74, 6) is 0.167. The average molecular weight is 212 g/mol. The van der Waals surface area contributed by atoms with Crippen molar-refractivity contribution in [2.24, 2.45) is 0 Å². The van der Waals surface area contributed by atoms with Crippen LogP contribution in [0, 0.1) is 0 Å². The van der Waals surface area contributed by atoms with Crippen molar-refractivity contribution in [2.45, 2.75) is 27.7 Å². The SMILES string of the molecule is CC(C)=O.CCOP(=O)(O)OCC. The Kier molecular flexibility index (Phi) is 9.84. The van der Waals surface area contributed by atoms with Crippen LogP contribution in [-0.4, -0.2) is 23.9 Å². The van der Waals surface area contributed by atoms with E-state index >= 15 is 0 Å². The molecule has 0 spiro atoms. The van der Waals surface area contributed by atoms with Gasteiger partial charge in [0.1, 0.15) is 5.78 Å². The highest BCUT2D eigenvalue weighted by molar-refractivity contribution is 7.47. The minimum absolute atomic E-state index is 0.167. The van der Waals surface area contributed by atoms with Crippen molar-refractivity contribution >= 4 is 13.6 Å². The Balaban J connectivity index is 0. The molecule has 0 atom stereocenters. The quantitative estimate of drug-likeness (QED) is 0.718. The number of hydrogen-bond acceptors (Lipinski definition) is 4. The molecule has 80 valence electrons. The average Bonchev–Trinajstić information content (AvgIpc) is 1.84. The first-order valence-corrected chi connectivity index (χ1v) is 5.44. The summed E-state index contributed by atoms with van der Waals surface area (Å²) in [5, 5.41) is 0. The van der Waals surface area contributed by atoms with Crippen molar-refractivity contribution in [3.63, 3.8) is 0 Å². The molecule has 0 fully saturated rings. The van der Waals surface area contributed by atoms with E-state index in [9.17, 15) is 9.36 Å². The van der Waals surface area contributed by atoms with Gasteiger partial charge in [-0.25, -0.2) is 4.57 Å². The normalized spacial score (nSPS) is 10.2. The lowest BCUT2D eigenvalue weighted by Gasteiger charge is -2.07. The van der Waals surface area contributed by atoms with Crippen molar-refractivity contribution in [3.8, 4) is 0 Å². The Hall–Kier alpha value is -0.220. The molecule has 0 amide bonds. The predicted octanol–water partition coefficient (Wildman–Crippen LogP) is 1.76. The van der Waals surface area contributed by atoms with Crippen LogP contribution in [0.2, 0.25) is 0 Å². The van der Waals surface area contributed by atoms with E-state index in [1.165, 1.54) is 13.8 Å². The topological polar surface area (TPSA) is 72.8 Å². The highest BCUT2D eigenvalue weighted by atomic mass is 31.2. The molecule has 0 aliphatic carbocycles. The van der Waals surface area contributed by atoms with Gasteiger partial charge in [0.15, 0.2) is 0 Å². The molecule has 0 unspecified atom stereocenters. The zero-order valence-corrected chi connectivity index (χ0v) is 9.34. The van der Waals surface area contributed by atoms with Gasteiger partial charge in [0.2, 0.25) is 0 Å². The predicted molar refractivity (Wildman–Crippen MR) is 49.4 cm³/mol. The van der Waals surface area contributed by atoms with Crippen LogP contribution in [0.1, 0.15) is 27.7 Å². The first kappa shape index (κ1) is 15.3. The van der Waals surface area contributed by atoms with Crippen LogP contribution in [0.5, 0.6) is 0 Å². The van der Waals surface area contributed by atoms with Crippen LogP contribution in [0.3, 0.4) is 0 Å². The standard InChI is InChI=1S/C4H11O4P.C3H6O/c1-3-7-9(5,6)8-4-2;1-3(2)4/h3-4H2,1-2H3,(H,5,6);1-2H3. The van der Waals surface area contributed by atoms with E-state index in [-0.39, 0.29) is 19.0 Å². The lowest BCUT2D eigenvalue weighted by molar-refractivity contribution is -0.114. The number of phosphoric acid groups is 1. The fraction of sp³-hybridized carbons (Fsp3) is 0.857. The van der Waals surface area contributed by atoms with Crippen LogP contribution in [0.15, 0.2) is 0 Å². The van der Waals surface area contributed by atoms with E-state index in [2.05, 4.69) is 9.05 Å². The van der Waals surface area contributed by atoms with Crippen LogP contribution in [0.4, 0.5) is 0 Å². The van der Waals surface area contributed by atoms with E-state index in [1.807, 2.05) is 0 Å². The number of carbonyl (C=O) groups excluding carboxylic acids is 1. The number of hydrogen-bond donors (Lipinski definition) is 1. The maximum atomic E-state index is 10.5. The summed E-state index contributed by atoms with van der Waals surface area (Å²) in [6, 6.07) is 0. The number of rotatable bonds is 4. The Bertz CT molecular complexity index is 166. The molecule has 1 N–H and O–H groups in total. The molecule has 0 aromatic carbocycles. The summed E-state index contributed by atoms with van der Waals surface area (Å²) in [4.78, 5) is 18.1. The zero-order chi connectivity index (χ0) is 10.9. The number of ketones is 1. The summed E-state index contributed by atoms with van der Waals surface area (Å²) in [6.45, 7) is 6.69. The van der Waals surface area contributed by atoms with Crippen LogP contribution in [-0.2, 0) is 18.4 Å². The number of carbonyl (C=O) groups is 1. The molecule has 0 aromatic heterocycles. The summed E-state index contributed by atoms with van der Waals surface area (Å²) in [5.41, 5.74) is 0. The second-order valence-electron chi connectivity index (χ2n) is 2.21. The Morgan fingerprint density at radius 2 is 1.46 bits per heavy atom. The van der Waals surface area contributed by atoms with Crippen molar-refractivity contribution in [1.82, 2.24) is 0 Å². The van der Waals surface area contributed by atoms with Gasteiger partial charge in [-0.2, -0.15) is 0 Å². The van der Waals surface area contributed by atoms with Crippen molar-refractivity contribution in [1.29, 1.82) is 0 Å². The van der Waals surface area contributed by atoms with E-state index in [4.69, 9.17) is 4.89 Å². The highest BCUT2D eigenvalue weighted by Crippen LogP contribution is 2.42. The Morgan fingerprint density at radius 1 is 1.23 bits per heavy atom.